The van der Waals surface area contributed by atoms with E-state index in [9.17, 15) is 27.9 Å². The van der Waals surface area contributed by atoms with Gasteiger partial charge < -0.3 is 20.1 Å². The van der Waals surface area contributed by atoms with E-state index in [4.69, 9.17) is 4.74 Å². The third-order valence-electron chi connectivity index (χ3n) is 7.52. The Bertz CT molecular complexity index is 1540. The molecule has 0 spiro atoms. The number of rotatable bonds is 9. The molecule has 1 aliphatic carbocycles. The van der Waals surface area contributed by atoms with Crippen molar-refractivity contribution in [1.82, 2.24) is 9.97 Å². The summed E-state index contributed by atoms with van der Waals surface area (Å²) < 4.78 is 63.6. The summed E-state index contributed by atoms with van der Waals surface area (Å²) in [5, 5.41) is 12.9. The van der Waals surface area contributed by atoms with Gasteiger partial charge in [-0.3, -0.25) is 4.79 Å². The molecule has 0 bridgehead atoms. The van der Waals surface area contributed by atoms with Crippen LogP contribution in [0.25, 0.3) is 0 Å². The lowest BCUT2D eigenvalue weighted by Crippen LogP contribution is -2.43. The minimum Gasteiger partial charge on any atom is -0.478 e. The van der Waals surface area contributed by atoms with Gasteiger partial charge in [-0.2, -0.15) is 13.2 Å². The van der Waals surface area contributed by atoms with Crippen molar-refractivity contribution >= 4 is 39.3 Å². The highest BCUT2D eigenvalue weighted by Crippen LogP contribution is 2.40. The van der Waals surface area contributed by atoms with E-state index in [2.05, 4.69) is 38.1 Å². The summed E-state index contributed by atoms with van der Waals surface area (Å²) in [6, 6.07) is 5.42. The molecule has 1 aromatic carbocycles. The third-order valence-corrected chi connectivity index (χ3v) is 8.16. The fourth-order valence-corrected chi connectivity index (χ4v) is 5.54. The highest BCUT2D eigenvalue weighted by molar-refractivity contribution is 9.10. The minimum atomic E-state index is -4.93. The van der Waals surface area contributed by atoms with Gasteiger partial charge in [0.05, 0.1) is 15.7 Å². The quantitative estimate of drug-likeness (QED) is 0.219. The number of ether oxygens (including phenoxy) is 1. The van der Waals surface area contributed by atoms with Gasteiger partial charge in [0.1, 0.15) is 11.4 Å². The average molecular weight is 682 g/mol. The normalized spacial score (nSPS) is 17.0. The van der Waals surface area contributed by atoms with E-state index in [0.717, 1.165) is 37.2 Å². The Morgan fingerprint density at radius 3 is 2.45 bits per heavy atom. The number of anilines is 2. The molecule has 0 unspecified atom stereocenters. The number of amides is 1. The van der Waals surface area contributed by atoms with Crippen LogP contribution in [0, 0.1) is 24.6 Å². The zero-order valence-electron chi connectivity index (χ0n) is 24.6. The second-order valence-corrected chi connectivity index (χ2v) is 12.2. The number of nitrogens with one attached hydrogen (secondary N) is 1. The molecule has 13 heteroatoms. The van der Waals surface area contributed by atoms with Gasteiger partial charge in [0.2, 0.25) is 11.8 Å². The fourth-order valence-electron chi connectivity index (χ4n) is 5.18. The number of carbonyl (C=O) groups excluding carboxylic acids is 1. The van der Waals surface area contributed by atoms with E-state index in [0.29, 0.717) is 34.7 Å². The first kappa shape index (κ1) is 33.2. The first-order valence-corrected chi connectivity index (χ1v) is 15.0. The summed E-state index contributed by atoms with van der Waals surface area (Å²) in [5.41, 5.74) is -1.11. The maximum Gasteiger partial charge on any atom is 0.421 e. The van der Waals surface area contributed by atoms with Crippen molar-refractivity contribution in [2.45, 2.75) is 72.1 Å². The Kier molecular flexibility index (Phi) is 10.2. The van der Waals surface area contributed by atoms with Gasteiger partial charge in [0, 0.05) is 42.5 Å². The number of carboxylic acids is 1. The molecule has 1 fully saturated rings. The van der Waals surface area contributed by atoms with Crippen LogP contribution in [0.15, 0.2) is 41.0 Å². The summed E-state index contributed by atoms with van der Waals surface area (Å²) in [4.78, 5) is 35.1. The number of carboxylic acid groups (broad SMARTS) is 1. The van der Waals surface area contributed by atoms with Crippen LogP contribution >= 0.6 is 15.9 Å². The van der Waals surface area contributed by atoms with E-state index in [1.807, 2.05) is 0 Å². The molecule has 0 aliphatic heterocycles. The van der Waals surface area contributed by atoms with Gasteiger partial charge in [-0.05, 0) is 92.1 Å². The molecule has 236 valence electrons. The number of nitrogens with zero attached hydrogens (tertiary/aromatic N) is 3. The molecule has 2 aromatic heterocycles. The number of halogens is 5. The lowest BCUT2D eigenvalue weighted by Gasteiger charge is -2.34. The van der Waals surface area contributed by atoms with Crippen LogP contribution in [0.2, 0.25) is 0 Å². The third kappa shape index (κ3) is 7.66. The SMILES string of the molecule is Cc1ccc(Br)c(NCc2cnc(Oc3cc(C(=O)O)c(N(C(=O)C4CCC(C)CC4)C(C)C)cc3F)c(C(F)(F)F)c2)n1. The number of carbonyl (C=O) groups is 2. The Morgan fingerprint density at radius 1 is 1.16 bits per heavy atom. The molecule has 8 nitrogen and oxygen atoms in total. The Balaban J connectivity index is 1.66. The number of aromatic nitrogens is 2. The highest BCUT2D eigenvalue weighted by Gasteiger charge is 2.37. The van der Waals surface area contributed by atoms with Gasteiger partial charge >= 0.3 is 12.1 Å². The summed E-state index contributed by atoms with van der Waals surface area (Å²) >= 11 is 3.33. The van der Waals surface area contributed by atoms with E-state index in [1.165, 1.54) is 4.90 Å². The maximum atomic E-state index is 15.5. The topological polar surface area (TPSA) is 105 Å². The molecular formula is C31H33BrF4N4O4. The van der Waals surface area contributed by atoms with Crippen LogP contribution in [-0.4, -0.2) is 33.0 Å². The maximum absolute atomic E-state index is 15.5. The lowest BCUT2D eigenvalue weighted by atomic mass is 9.82. The molecule has 1 saturated carbocycles. The van der Waals surface area contributed by atoms with Crippen LogP contribution in [-0.2, 0) is 17.5 Å². The molecule has 1 aliphatic rings. The van der Waals surface area contributed by atoms with Gasteiger partial charge in [-0.1, -0.05) is 6.92 Å². The number of aryl methyl sites for hydroxylation is 1. The first-order valence-electron chi connectivity index (χ1n) is 14.2. The van der Waals surface area contributed by atoms with Gasteiger partial charge in [0.25, 0.3) is 0 Å². The largest absolute Gasteiger partial charge is 0.478 e. The summed E-state index contributed by atoms with van der Waals surface area (Å²) in [7, 11) is 0. The predicted octanol–water partition coefficient (Wildman–Crippen LogP) is 8.38. The van der Waals surface area contributed by atoms with Gasteiger partial charge in [-0.25, -0.2) is 19.2 Å². The molecule has 2 N–H and O–H groups in total. The zero-order chi connectivity index (χ0) is 32.3. The molecule has 1 amide bonds. The lowest BCUT2D eigenvalue weighted by molar-refractivity contribution is -0.139. The van der Waals surface area contributed by atoms with Crippen molar-refractivity contribution in [3.63, 3.8) is 0 Å². The molecule has 4 rings (SSSR count). The number of benzene rings is 1. The molecule has 0 atom stereocenters. The minimum absolute atomic E-state index is 0.0589. The number of alkyl halides is 3. The number of pyridine rings is 2. The zero-order valence-corrected chi connectivity index (χ0v) is 26.2. The molecule has 3 aromatic rings. The number of hydrogen-bond donors (Lipinski definition) is 2. The second kappa shape index (κ2) is 13.5. The standard InChI is InChI=1S/C31H33BrF4N4O4/c1-16(2)40(29(41)20-8-5-17(3)6-9-20)25-13-24(33)26(12-21(25)30(42)43)44-28-22(31(34,35)36)11-19(15-38-28)14-37-27-23(32)10-7-18(4)39-27/h7,10-13,15-17,20H,5-6,8-9,14H2,1-4H3,(H,37,39)(H,42,43). The molecule has 0 saturated heterocycles. The van der Waals surface area contributed by atoms with E-state index < -0.39 is 46.8 Å². The summed E-state index contributed by atoms with van der Waals surface area (Å²) in [6.45, 7) is 7.17. The second-order valence-electron chi connectivity index (χ2n) is 11.3. The molecule has 2 heterocycles. The Morgan fingerprint density at radius 2 is 1.84 bits per heavy atom. The van der Waals surface area contributed by atoms with Crippen molar-refractivity contribution in [2.75, 3.05) is 10.2 Å². The van der Waals surface area contributed by atoms with E-state index in [1.54, 1.807) is 32.9 Å². The van der Waals surface area contributed by atoms with Crippen LogP contribution in [0.5, 0.6) is 11.6 Å². The van der Waals surface area contributed by atoms with Crippen molar-refractivity contribution < 1.29 is 37.0 Å². The van der Waals surface area contributed by atoms with Crippen molar-refractivity contribution in [3.8, 4) is 11.6 Å². The van der Waals surface area contributed by atoms with Crippen LogP contribution < -0.4 is 15.0 Å². The Labute approximate surface area is 261 Å². The van der Waals surface area contributed by atoms with Crippen molar-refractivity contribution in [2.24, 2.45) is 11.8 Å². The average Bonchev–Trinajstić information content (AvgIpc) is 2.94. The van der Waals surface area contributed by atoms with Crippen LogP contribution in [0.4, 0.5) is 29.1 Å². The van der Waals surface area contributed by atoms with Crippen LogP contribution in [0.3, 0.4) is 0 Å². The number of aromatic carboxylic acids is 1. The number of hydrogen-bond acceptors (Lipinski definition) is 6. The fraction of sp³-hybridized carbons (Fsp3) is 0.419. The summed E-state index contributed by atoms with van der Waals surface area (Å²) in [6.07, 6.45) is -0.838. The van der Waals surface area contributed by atoms with Gasteiger partial charge in [0.15, 0.2) is 11.6 Å². The van der Waals surface area contributed by atoms with E-state index >= 15 is 4.39 Å². The predicted molar refractivity (Wildman–Crippen MR) is 160 cm³/mol. The first-order chi connectivity index (χ1) is 20.6. The van der Waals surface area contributed by atoms with Crippen molar-refractivity contribution in [3.05, 3.63) is 69.2 Å². The van der Waals surface area contributed by atoms with Crippen molar-refractivity contribution in [1.29, 1.82) is 0 Å². The van der Waals surface area contributed by atoms with Gasteiger partial charge in [-0.15, -0.1) is 0 Å². The molecular weight excluding hydrogens is 648 g/mol. The van der Waals surface area contributed by atoms with E-state index in [-0.39, 0.29) is 29.6 Å². The summed E-state index contributed by atoms with van der Waals surface area (Å²) in [5.74, 6) is -4.13. The monoisotopic (exact) mass is 680 g/mol. The Hall–Kier alpha value is -3.74. The van der Waals surface area contributed by atoms with Crippen LogP contribution in [0.1, 0.15) is 73.6 Å². The molecule has 0 radical (unpaired) electrons. The molecule has 44 heavy (non-hydrogen) atoms. The smallest absolute Gasteiger partial charge is 0.421 e. The highest BCUT2D eigenvalue weighted by atomic mass is 79.9.